The minimum Gasteiger partial charge on any atom is -0.508 e. The number of aryl methyl sites for hydroxylation is 2. The van der Waals surface area contributed by atoms with Gasteiger partial charge in [-0.2, -0.15) is 0 Å². The molecule has 0 saturated heterocycles. The maximum Gasteiger partial charge on any atom is 0.118 e. The molecule has 1 aromatic carbocycles. The smallest absolute Gasteiger partial charge is 0.118 e. The van der Waals surface area contributed by atoms with E-state index in [2.05, 4.69) is 40.3 Å². The average Bonchev–Trinajstić information content (AvgIpc) is 3.14. The van der Waals surface area contributed by atoms with Gasteiger partial charge >= 0.3 is 0 Å². The molecule has 0 bridgehead atoms. The highest BCUT2D eigenvalue weighted by molar-refractivity contribution is 7.11. The molecular weight excluding hydrogens is 298 g/mol. The van der Waals surface area contributed by atoms with Gasteiger partial charge < -0.3 is 10.4 Å². The summed E-state index contributed by atoms with van der Waals surface area (Å²) >= 11 is 3.51. The van der Waals surface area contributed by atoms with Crippen molar-refractivity contribution in [3.05, 3.63) is 68.0 Å². The summed E-state index contributed by atoms with van der Waals surface area (Å²) in [5.41, 5.74) is 3.01. The standard InChI is InChI=1S/C17H17NOS2/c1-11-10-14(19)12(2)9-13(11)18-17(15-5-3-7-20-15)16-6-4-8-21-16/h3-10,17-19H,1-2H3. The van der Waals surface area contributed by atoms with Crippen molar-refractivity contribution in [2.75, 3.05) is 5.32 Å². The van der Waals surface area contributed by atoms with Crippen molar-refractivity contribution in [2.24, 2.45) is 0 Å². The highest BCUT2D eigenvalue weighted by Crippen LogP contribution is 2.34. The molecule has 0 spiro atoms. The summed E-state index contributed by atoms with van der Waals surface area (Å²) in [6.07, 6.45) is 0. The van der Waals surface area contributed by atoms with Gasteiger partial charge in [0.15, 0.2) is 0 Å². The van der Waals surface area contributed by atoms with E-state index in [1.54, 1.807) is 22.7 Å². The second-order valence-corrected chi connectivity index (χ2v) is 7.02. The normalized spacial score (nSPS) is 11.0. The lowest BCUT2D eigenvalue weighted by atomic mass is 10.1. The molecule has 21 heavy (non-hydrogen) atoms. The van der Waals surface area contributed by atoms with Gasteiger partial charge in [-0.3, -0.25) is 0 Å². The number of thiophene rings is 2. The summed E-state index contributed by atoms with van der Waals surface area (Å²) < 4.78 is 0. The number of anilines is 1. The van der Waals surface area contributed by atoms with E-state index in [4.69, 9.17) is 0 Å². The molecule has 108 valence electrons. The number of benzene rings is 1. The third-order valence-corrected chi connectivity index (χ3v) is 5.37. The Balaban J connectivity index is 1.98. The lowest BCUT2D eigenvalue weighted by molar-refractivity contribution is 0.471. The number of aromatic hydroxyl groups is 1. The Kier molecular flexibility index (Phi) is 3.99. The van der Waals surface area contributed by atoms with Crippen molar-refractivity contribution in [2.45, 2.75) is 19.9 Å². The van der Waals surface area contributed by atoms with Gasteiger partial charge in [0.1, 0.15) is 5.75 Å². The van der Waals surface area contributed by atoms with Crippen molar-refractivity contribution in [1.29, 1.82) is 0 Å². The first-order valence-corrected chi connectivity index (χ1v) is 8.54. The largest absolute Gasteiger partial charge is 0.508 e. The van der Waals surface area contributed by atoms with Gasteiger partial charge in [-0.25, -0.2) is 0 Å². The number of hydrogen-bond acceptors (Lipinski definition) is 4. The monoisotopic (exact) mass is 315 g/mol. The minimum absolute atomic E-state index is 0.160. The van der Waals surface area contributed by atoms with Gasteiger partial charge in [-0.05, 0) is 60.0 Å². The van der Waals surface area contributed by atoms with E-state index in [-0.39, 0.29) is 6.04 Å². The highest BCUT2D eigenvalue weighted by atomic mass is 32.1. The Morgan fingerprint density at radius 3 is 2.10 bits per heavy atom. The zero-order valence-electron chi connectivity index (χ0n) is 12.0. The van der Waals surface area contributed by atoms with E-state index in [9.17, 15) is 5.11 Å². The lowest BCUT2D eigenvalue weighted by Gasteiger charge is -2.20. The van der Waals surface area contributed by atoms with Gasteiger partial charge in [0.2, 0.25) is 0 Å². The fourth-order valence-corrected chi connectivity index (χ4v) is 3.97. The SMILES string of the molecule is Cc1cc(NC(c2cccs2)c2cccs2)c(C)cc1O. The van der Waals surface area contributed by atoms with Gasteiger partial charge in [-0.15, -0.1) is 22.7 Å². The minimum atomic E-state index is 0.160. The Labute approximate surface area is 132 Å². The predicted molar refractivity (Wildman–Crippen MR) is 91.7 cm³/mol. The molecule has 3 rings (SSSR count). The number of phenolic OH excluding ortho intramolecular Hbond substituents is 1. The number of phenols is 1. The van der Waals surface area contributed by atoms with Crippen molar-refractivity contribution < 1.29 is 5.11 Å². The number of hydrogen-bond donors (Lipinski definition) is 2. The molecule has 0 aliphatic carbocycles. The molecule has 4 heteroatoms. The summed E-state index contributed by atoms with van der Waals surface area (Å²) in [5.74, 6) is 0.349. The molecule has 2 N–H and O–H groups in total. The van der Waals surface area contributed by atoms with Crippen LogP contribution in [0.2, 0.25) is 0 Å². The Hall–Kier alpha value is -1.78. The topological polar surface area (TPSA) is 32.3 Å². The van der Waals surface area contributed by atoms with Crippen LogP contribution in [0, 0.1) is 13.8 Å². The fraction of sp³-hybridized carbons (Fsp3) is 0.176. The Morgan fingerprint density at radius 2 is 1.57 bits per heavy atom. The summed E-state index contributed by atoms with van der Waals surface area (Å²) in [7, 11) is 0. The third-order valence-electron chi connectivity index (χ3n) is 3.50. The Bertz CT molecular complexity index is 683. The molecule has 0 unspecified atom stereocenters. The maximum atomic E-state index is 9.80. The van der Waals surface area contributed by atoms with Crippen LogP contribution in [0.1, 0.15) is 26.9 Å². The molecule has 0 aliphatic heterocycles. The average molecular weight is 315 g/mol. The maximum absolute atomic E-state index is 9.80. The first kappa shape index (κ1) is 14.2. The van der Waals surface area contributed by atoms with Crippen molar-refractivity contribution in [1.82, 2.24) is 0 Å². The van der Waals surface area contributed by atoms with Crippen LogP contribution in [-0.4, -0.2) is 5.11 Å². The van der Waals surface area contributed by atoms with Crippen LogP contribution in [0.5, 0.6) is 5.75 Å². The van der Waals surface area contributed by atoms with Gasteiger partial charge in [0.05, 0.1) is 6.04 Å². The quantitative estimate of drug-likeness (QED) is 0.637. The summed E-state index contributed by atoms with van der Waals surface area (Å²) in [6, 6.07) is 12.5. The van der Waals surface area contributed by atoms with Crippen LogP contribution in [0.4, 0.5) is 5.69 Å². The summed E-state index contributed by atoms with van der Waals surface area (Å²) in [5, 5.41) is 17.6. The summed E-state index contributed by atoms with van der Waals surface area (Å²) in [6.45, 7) is 3.94. The van der Waals surface area contributed by atoms with Crippen molar-refractivity contribution in [3.63, 3.8) is 0 Å². The second-order valence-electron chi connectivity index (χ2n) is 5.06. The van der Waals surface area contributed by atoms with E-state index < -0.39 is 0 Å². The zero-order valence-corrected chi connectivity index (χ0v) is 13.6. The molecule has 0 aliphatic rings. The van der Waals surface area contributed by atoms with E-state index in [1.165, 1.54) is 9.75 Å². The molecule has 0 saturated carbocycles. The highest BCUT2D eigenvalue weighted by Gasteiger charge is 2.17. The molecule has 3 aromatic rings. The summed E-state index contributed by atoms with van der Waals surface area (Å²) in [4.78, 5) is 2.59. The van der Waals surface area contributed by atoms with E-state index in [1.807, 2.05) is 26.0 Å². The number of rotatable bonds is 4. The van der Waals surface area contributed by atoms with Crippen LogP contribution in [0.25, 0.3) is 0 Å². The third kappa shape index (κ3) is 2.96. The predicted octanol–water partition coefficient (Wildman–Crippen LogP) is 5.33. The second kappa shape index (κ2) is 5.92. The van der Waals surface area contributed by atoms with Gasteiger partial charge in [0, 0.05) is 15.4 Å². The molecule has 0 radical (unpaired) electrons. The molecular formula is C17H17NOS2. The molecule has 0 atom stereocenters. The number of nitrogens with one attached hydrogen (secondary N) is 1. The van der Waals surface area contributed by atoms with Crippen molar-refractivity contribution in [3.8, 4) is 5.75 Å². The molecule has 2 aromatic heterocycles. The first-order valence-electron chi connectivity index (χ1n) is 6.78. The van der Waals surface area contributed by atoms with E-state index >= 15 is 0 Å². The van der Waals surface area contributed by atoms with Gasteiger partial charge in [0.25, 0.3) is 0 Å². The zero-order chi connectivity index (χ0) is 14.8. The molecule has 0 amide bonds. The lowest BCUT2D eigenvalue weighted by Crippen LogP contribution is -2.10. The molecule has 0 fully saturated rings. The van der Waals surface area contributed by atoms with E-state index in [0.29, 0.717) is 5.75 Å². The van der Waals surface area contributed by atoms with Crippen LogP contribution in [0.3, 0.4) is 0 Å². The van der Waals surface area contributed by atoms with Crippen molar-refractivity contribution >= 4 is 28.4 Å². The van der Waals surface area contributed by atoms with E-state index in [0.717, 1.165) is 16.8 Å². The fourth-order valence-electron chi connectivity index (χ4n) is 2.31. The Morgan fingerprint density at radius 1 is 0.952 bits per heavy atom. The van der Waals surface area contributed by atoms with Crippen LogP contribution >= 0.6 is 22.7 Å². The molecule has 2 nitrogen and oxygen atoms in total. The van der Waals surface area contributed by atoms with Crippen LogP contribution in [-0.2, 0) is 0 Å². The molecule has 2 heterocycles. The first-order chi connectivity index (χ1) is 10.1. The van der Waals surface area contributed by atoms with Crippen LogP contribution in [0.15, 0.2) is 47.2 Å². The van der Waals surface area contributed by atoms with Crippen LogP contribution < -0.4 is 5.32 Å². The van der Waals surface area contributed by atoms with Gasteiger partial charge in [-0.1, -0.05) is 12.1 Å².